The second kappa shape index (κ2) is 9.14. The van der Waals surface area contributed by atoms with Crippen LogP contribution in [0.4, 0.5) is 5.69 Å². The first-order valence-corrected chi connectivity index (χ1v) is 8.40. The third-order valence-corrected chi connectivity index (χ3v) is 3.97. The molecule has 0 bridgehead atoms. The lowest BCUT2D eigenvalue weighted by Gasteiger charge is -2.14. The molecule has 0 fully saturated rings. The zero-order chi connectivity index (χ0) is 20.0. The Hall–Kier alpha value is -2.93. The van der Waals surface area contributed by atoms with Crippen LogP contribution in [0.15, 0.2) is 30.3 Å². The van der Waals surface area contributed by atoms with Crippen molar-refractivity contribution in [1.29, 1.82) is 0 Å². The normalized spacial score (nSPS) is 10.1. The quantitative estimate of drug-likeness (QED) is 0.720. The summed E-state index contributed by atoms with van der Waals surface area (Å²) in [5, 5.41) is 2.90. The topological polar surface area (TPSA) is 83.1 Å². The first-order chi connectivity index (χ1) is 12.9. The summed E-state index contributed by atoms with van der Waals surface area (Å²) in [6.07, 6.45) is 0. The molecule has 0 saturated heterocycles. The molecule has 8 heteroatoms. The van der Waals surface area contributed by atoms with Gasteiger partial charge in [0.25, 0.3) is 5.91 Å². The van der Waals surface area contributed by atoms with Gasteiger partial charge in [0.2, 0.25) is 5.75 Å². The molecule has 2 aromatic rings. The van der Waals surface area contributed by atoms with E-state index in [0.717, 1.165) is 0 Å². The molecule has 0 aliphatic heterocycles. The summed E-state index contributed by atoms with van der Waals surface area (Å²) in [4.78, 5) is 24.4. The zero-order valence-electron chi connectivity index (χ0n) is 15.4. The van der Waals surface area contributed by atoms with Gasteiger partial charge in [-0.1, -0.05) is 11.6 Å². The number of methoxy groups -OCH3 is 3. The number of rotatable bonds is 7. The third kappa shape index (κ3) is 4.62. The van der Waals surface area contributed by atoms with E-state index in [9.17, 15) is 9.59 Å². The van der Waals surface area contributed by atoms with Crippen LogP contribution in [0.5, 0.6) is 17.2 Å². The van der Waals surface area contributed by atoms with Gasteiger partial charge >= 0.3 is 5.97 Å². The Morgan fingerprint density at radius 2 is 1.59 bits per heavy atom. The molecule has 2 rings (SSSR count). The highest BCUT2D eigenvalue weighted by molar-refractivity contribution is 6.34. The summed E-state index contributed by atoms with van der Waals surface area (Å²) in [5.74, 6) is 0.173. The number of amides is 1. The molecule has 0 heterocycles. The summed E-state index contributed by atoms with van der Waals surface area (Å²) in [7, 11) is 4.40. The molecule has 0 spiro atoms. The van der Waals surface area contributed by atoms with Crippen molar-refractivity contribution in [3.63, 3.8) is 0 Å². The number of carbonyl (C=O) groups is 2. The lowest BCUT2D eigenvalue weighted by atomic mass is 10.1. The van der Waals surface area contributed by atoms with Crippen molar-refractivity contribution in [2.75, 3.05) is 33.3 Å². The Labute approximate surface area is 162 Å². The van der Waals surface area contributed by atoms with E-state index >= 15 is 0 Å². The van der Waals surface area contributed by atoms with Gasteiger partial charge in [-0.15, -0.1) is 0 Å². The Bertz CT molecular complexity index is 827. The van der Waals surface area contributed by atoms with Gasteiger partial charge in [-0.05, 0) is 37.3 Å². The van der Waals surface area contributed by atoms with Crippen molar-refractivity contribution in [2.45, 2.75) is 6.92 Å². The predicted octanol–water partition coefficient (Wildman–Crippen LogP) is 3.79. The molecular formula is C19H20ClNO6. The number of carbonyl (C=O) groups excluding carboxylic acids is 2. The molecule has 1 amide bonds. The smallest absolute Gasteiger partial charge is 0.338 e. The summed E-state index contributed by atoms with van der Waals surface area (Å²) in [6.45, 7) is 1.97. The number of halogens is 1. The van der Waals surface area contributed by atoms with Crippen molar-refractivity contribution in [3.8, 4) is 17.2 Å². The van der Waals surface area contributed by atoms with Crippen LogP contribution >= 0.6 is 11.6 Å². The van der Waals surface area contributed by atoms with Gasteiger partial charge in [-0.3, -0.25) is 4.79 Å². The lowest BCUT2D eigenvalue weighted by Crippen LogP contribution is -2.13. The number of hydrogen-bond acceptors (Lipinski definition) is 6. The number of hydrogen-bond donors (Lipinski definition) is 1. The van der Waals surface area contributed by atoms with E-state index in [1.807, 2.05) is 0 Å². The van der Waals surface area contributed by atoms with E-state index in [4.69, 9.17) is 30.5 Å². The first-order valence-electron chi connectivity index (χ1n) is 8.03. The summed E-state index contributed by atoms with van der Waals surface area (Å²) < 4.78 is 20.7. The average Bonchev–Trinajstić information content (AvgIpc) is 2.68. The fraction of sp³-hybridized carbons (Fsp3) is 0.263. The van der Waals surface area contributed by atoms with Crippen LogP contribution in [0.3, 0.4) is 0 Å². The molecule has 0 atom stereocenters. The first kappa shape index (κ1) is 20.4. The number of benzene rings is 2. The standard InChI is InChI=1S/C19H20ClNO6/c1-5-27-19(23)11-6-7-14(13(20)8-11)21-18(22)12-9-15(24-2)17(26-4)16(10-12)25-3/h6-10H,5H2,1-4H3,(H,21,22). The lowest BCUT2D eigenvalue weighted by molar-refractivity contribution is 0.0526. The Morgan fingerprint density at radius 1 is 0.963 bits per heavy atom. The van der Waals surface area contributed by atoms with E-state index in [0.29, 0.717) is 28.5 Å². The van der Waals surface area contributed by atoms with Gasteiger partial charge in [-0.25, -0.2) is 4.79 Å². The fourth-order valence-corrected chi connectivity index (χ4v) is 2.59. The zero-order valence-corrected chi connectivity index (χ0v) is 16.2. The Morgan fingerprint density at radius 3 is 2.07 bits per heavy atom. The minimum Gasteiger partial charge on any atom is -0.493 e. The van der Waals surface area contributed by atoms with Gasteiger partial charge in [0, 0.05) is 5.56 Å². The molecular weight excluding hydrogens is 374 g/mol. The predicted molar refractivity (Wildman–Crippen MR) is 101 cm³/mol. The largest absolute Gasteiger partial charge is 0.493 e. The van der Waals surface area contributed by atoms with Crippen LogP contribution in [0, 0.1) is 0 Å². The Balaban J connectivity index is 2.28. The molecule has 0 aliphatic carbocycles. The van der Waals surface area contributed by atoms with E-state index in [1.54, 1.807) is 6.92 Å². The van der Waals surface area contributed by atoms with Gasteiger partial charge in [-0.2, -0.15) is 0 Å². The molecule has 1 N–H and O–H groups in total. The molecule has 27 heavy (non-hydrogen) atoms. The van der Waals surface area contributed by atoms with E-state index in [1.165, 1.54) is 51.7 Å². The third-order valence-electron chi connectivity index (χ3n) is 3.66. The summed E-state index contributed by atoms with van der Waals surface area (Å²) in [5.41, 5.74) is 0.936. The number of esters is 1. The van der Waals surface area contributed by atoms with Crippen LogP contribution < -0.4 is 19.5 Å². The molecule has 0 aliphatic rings. The number of anilines is 1. The highest BCUT2D eigenvalue weighted by Crippen LogP contribution is 2.38. The Kier molecular flexibility index (Phi) is 6.90. The molecule has 0 unspecified atom stereocenters. The monoisotopic (exact) mass is 393 g/mol. The SMILES string of the molecule is CCOC(=O)c1ccc(NC(=O)c2cc(OC)c(OC)c(OC)c2)c(Cl)c1. The highest BCUT2D eigenvalue weighted by atomic mass is 35.5. The average molecular weight is 394 g/mol. The maximum absolute atomic E-state index is 12.6. The van der Waals surface area contributed by atoms with E-state index in [2.05, 4.69) is 5.32 Å². The van der Waals surface area contributed by atoms with Crippen LogP contribution in [0.25, 0.3) is 0 Å². The molecule has 0 saturated carbocycles. The van der Waals surface area contributed by atoms with Gasteiger partial charge in [0.05, 0.1) is 44.2 Å². The second-order valence-corrected chi connectivity index (χ2v) is 5.69. The van der Waals surface area contributed by atoms with E-state index in [-0.39, 0.29) is 17.2 Å². The van der Waals surface area contributed by atoms with Crippen LogP contribution in [0.2, 0.25) is 5.02 Å². The molecule has 2 aromatic carbocycles. The fourth-order valence-electron chi connectivity index (χ4n) is 2.36. The van der Waals surface area contributed by atoms with Crippen LogP contribution in [0.1, 0.15) is 27.6 Å². The van der Waals surface area contributed by atoms with Crippen molar-refractivity contribution in [2.24, 2.45) is 0 Å². The van der Waals surface area contributed by atoms with Crippen molar-refractivity contribution in [3.05, 3.63) is 46.5 Å². The van der Waals surface area contributed by atoms with Gasteiger partial charge in [0.15, 0.2) is 11.5 Å². The van der Waals surface area contributed by atoms with Crippen LogP contribution in [-0.2, 0) is 4.74 Å². The minimum atomic E-state index is -0.484. The number of ether oxygens (including phenoxy) is 4. The van der Waals surface area contributed by atoms with Crippen molar-refractivity contribution < 1.29 is 28.5 Å². The van der Waals surface area contributed by atoms with Crippen molar-refractivity contribution >= 4 is 29.2 Å². The molecule has 0 aromatic heterocycles. The van der Waals surface area contributed by atoms with Crippen LogP contribution in [-0.4, -0.2) is 39.8 Å². The van der Waals surface area contributed by atoms with Gasteiger partial charge < -0.3 is 24.3 Å². The maximum Gasteiger partial charge on any atom is 0.338 e. The summed E-state index contributed by atoms with van der Waals surface area (Å²) in [6, 6.07) is 7.54. The molecule has 144 valence electrons. The number of nitrogens with one attached hydrogen (secondary N) is 1. The van der Waals surface area contributed by atoms with Gasteiger partial charge in [0.1, 0.15) is 0 Å². The summed E-state index contributed by atoms with van der Waals surface area (Å²) >= 11 is 6.18. The maximum atomic E-state index is 12.6. The molecule has 0 radical (unpaired) electrons. The molecule has 7 nitrogen and oxygen atoms in total. The minimum absolute atomic E-state index is 0.210. The van der Waals surface area contributed by atoms with Crippen molar-refractivity contribution in [1.82, 2.24) is 0 Å². The second-order valence-electron chi connectivity index (χ2n) is 5.28. The van der Waals surface area contributed by atoms with E-state index < -0.39 is 11.9 Å². The highest BCUT2D eigenvalue weighted by Gasteiger charge is 2.18.